The van der Waals surface area contributed by atoms with Gasteiger partial charge in [-0.05, 0) is 38.5 Å². The summed E-state index contributed by atoms with van der Waals surface area (Å²) in [4.78, 5) is 27.1. The van der Waals surface area contributed by atoms with E-state index in [4.69, 9.17) is 0 Å². The SMILES string of the molecule is CC(C)NC(=O)C(C)N(Cc1ccccc1)C(=O)CN(c1ccccc1F)S(C)(=O)=O. The molecule has 9 heteroatoms. The third-order valence-electron chi connectivity index (χ3n) is 4.59. The van der Waals surface area contributed by atoms with Crippen LogP contribution in [0.2, 0.25) is 0 Å². The molecule has 2 aromatic carbocycles. The Bertz CT molecular complexity index is 1010. The Kier molecular flexibility index (Phi) is 8.15. The molecule has 1 atom stereocenters. The molecule has 1 unspecified atom stereocenters. The molecule has 0 aliphatic carbocycles. The van der Waals surface area contributed by atoms with Crippen molar-refractivity contribution < 1.29 is 22.4 Å². The number of benzene rings is 2. The lowest BCUT2D eigenvalue weighted by atomic mass is 10.1. The summed E-state index contributed by atoms with van der Waals surface area (Å²) in [7, 11) is -3.96. The van der Waals surface area contributed by atoms with Crippen molar-refractivity contribution in [2.24, 2.45) is 0 Å². The minimum atomic E-state index is -3.96. The fraction of sp³-hybridized carbons (Fsp3) is 0.364. The van der Waals surface area contributed by atoms with E-state index in [-0.39, 0.29) is 24.2 Å². The van der Waals surface area contributed by atoms with Gasteiger partial charge in [0.15, 0.2) is 0 Å². The molecule has 31 heavy (non-hydrogen) atoms. The van der Waals surface area contributed by atoms with E-state index in [1.165, 1.54) is 23.1 Å². The number of hydrogen-bond donors (Lipinski definition) is 1. The van der Waals surface area contributed by atoms with Crippen LogP contribution in [-0.4, -0.2) is 50.0 Å². The van der Waals surface area contributed by atoms with Gasteiger partial charge >= 0.3 is 0 Å². The first-order chi connectivity index (χ1) is 14.5. The van der Waals surface area contributed by atoms with Gasteiger partial charge in [0, 0.05) is 12.6 Å². The number of sulfonamides is 1. The van der Waals surface area contributed by atoms with Crippen LogP contribution in [0.25, 0.3) is 0 Å². The van der Waals surface area contributed by atoms with E-state index in [0.29, 0.717) is 0 Å². The van der Waals surface area contributed by atoms with E-state index in [1.807, 2.05) is 6.07 Å². The van der Waals surface area contributed by atoms with Crippen LogP contribution >= 0.6 is 0 Å². The Balaban J connectivity index is 2.38. The van der Waals surface area contributed by atoms with Crippen molar-refractivity contribution in [1.82, 2.24) is 10.2 Å². The van der Waals surface area contributed by atoms with Gasteiger partial charge in [-0.1, -0.05) is 42.5 Å². The summed E-state index contributed by atoms with van der Waals surface area (Å²) in [5.74, 6) is -1.75. The molecular weight excluding hydrogens is 421 g/mol. The fourth-order valence-corrected chi connectivity index (χ4v) is 3.87. The summed E-state index contributed by atoms with van der Waals surface area (Å²) in [5, 5.41) is 2.76. The number of amides is 2. The summed E-state index contributed by atoms with van der Waals surface area (Å²) in [5.41, 5.74) is 0.550. The quantitative estimate of drug-likeness (QED) is 0.637. The van der Waals surface area contributed by atoms with E-state index >= 15 is 0 Å². The first-order valence-corrected chi connectivity index (χ1v) is 11.7. The summed E-state index contributed by atoms with van der Waals surface area (Å²) in [6.07, 6.45) is 0.906. The molecule has 0 aliphatic rings. The number of rotatable bonds is 9. The minimum Gasteiger partial charge on any atom is -0.352 e. The highest BCUT2D eigenvalue weighted by atomic mass is 32.2. The van der Waals surface area contributed by atoms with Gasteiger partial charge < -0.3 is 10.2 Å². The fourth-order valence-electron chi connectivity index (χ4n) is 3.02. The number of hydrogen-bond acceptors (Lipinski definition) is 4. The third kappa shape index (κ3) is 6.78. The Morgan fingerprint density at radius 2 is 1.58 bits per heavy atom. The van der Waals surface area contributed by atoms with E-state index in [2.05, 4.69) is 5.32 Å². The highest BCUT2D eigenvalue weighted by Crippen LogP contribution is 2.22. The number of nitrogens with one attached hydrogen (secondary N) is 1. The summed E-state index contributed by atoms with van der Waals surface area (Å²) >= 11 is 0. The van der Waals surface area contributed by atoms with Crippen LogP contribution < -0.4 is 9.62 Å². The smallest absolute Gasteiger partial charge is 0.244 e. The number of anilines is 1. The molecule has 0 bridgehead atoms. The number of nitrogens with zero attached hydrogens (tertiary/aromatic N) is 2. The lowest BCUT2D eigenvalue weighted by Crippen LogP contribution is -2.52. The van der Waals surface area contributed by atoms with E-state index in [1.54, 1.807) is 45.0 Å². The number of carbonyl (C=O) groups is 2. The summed E-state index contributed by atoms with van der Waals surface area (Å²) in [6.45, 7) is 4.65. The molecule has 1 N–H and O–H groups in total. The zero-order valence-corrected chi connectivity index (χ0v) is 18.9. The van der Waals surface area contributed by atoms with Gasteiger partial charge in [-0.15, -0.1) is 0 Å². The molecule has 0 saturated heterocycles. The first kappa shape index (κ1) is 24.3. The van der Waals surface area contributed by atoms with Crippen molar-refractivity contribution in [1.29, 1.82) is 0 Å². The van der Waals surface area contributed by atoms with Gasteiger partial charge in [-0.3, -0.25) is 13.9 Å². The van der Waals surface area contributed by atoms with Crippen molar-refractivity contribution in [2.75, 3.05) is 17.1 Å². The van der Waals surface area contributed by atoms with Crippen LogP contribution in [0.5, 0.6) is 0 Å². The van der Waals surface area contributed by atoms with Crippen molar-refractivity contribution in [3.8, 4) is 0 Å². The Labute approximate surface area is 182 Å². The molecular formula is C22H28FN3O4S. The van der Waals surface area contributed by atoms with Crippen LogP contribution in [0, 0.1) is 5.82 Å². The molecule has 168 valence electrons. The second-order valence-corrected chi connectivity index (χ2v) is 9.47. The van der Waals surface area contributed by atoms with Crippen molar-refractivity contribution >= 4 is 27.5 Å². The van der Waals surface area contributed by atoms with Crippen molar-refractivity contribution in [2.45, 2.75) is 39.4 Å². The normalized spacial score (nSPS) is 12.3. The predicted octanol–water partition coefficient (Wildman–Crippen LogP) is 2.53. The van der Waals surface area contributed by atoms with Crippen molar-refractivity contribution in [3.05, 3.63) is 66.0 Å². The van der Waals surface area contributed by atoms with E-state index < -0.39 is 34.3 Å². The first-order valence-electron chi connectivity index (χ1n) is 9.86. The van der Waals surface area contributed by atoms with Crippen LogP contribution in [0.4, 0.5) is 10.1 Å². The number of carbonyl (C=O) groups excluding carboxylic acids is 2. The minimum absolute atomic E-state index is 0.0984. The zero-order chi connectivity index (χ0) is 23.2. The maximum atomic E-state index is 14.3. The van der Waals surface area contributed by atoms with Gasteiger partial charge in [-0.2, -0.15) is 0 Å². The molecule has 0 aromatic heterocycles. The molecule has 2 rings (SSSR count). The highest BCUT2D eigenvalue weighted by molar-refractivity contribution is 7.92. The summed E-state index contributed by atoms with van der Waals surface area (Å²) in [6, 6.07) is 13.4. The Morgan fingerprint density at radius 1 is 1.00 bits per heavy atom. The van der Waals surface area contributed by atoms with Crippen molar-refractivity contribution in [3.63, 3.8) is 0 Å². The predicted molar refractivity (Wildman–Crippen MR) is 118 cm³/mol. The van der Waals surface area contributed by atoms with Gasteiger partial charge in [0.25, 0.3) is 0 Å². The van der Waals surface area contributed by atoms with E-state index in [9.17, 15) is 22.4 Å². The molecule has 0 heterocycles. The molecule has 0 saturated carbocycles. The van der Waals surface area contributed by atoms with Crippen LogP contribution in [0.3, 0.4) is 0 Å². The Hall–Kier alpha value is -2.94. The monoisotopic (exact) mass is 449 g/mol. The molecule has 7 nitrogen and oxygen atoms in total. The number of halogens is 1. The highest BCUT2D eigenvalue weighted by Gasteiger charge is 2.31. The molecule has 0 aliphatic heterocycles. The largest absolute Gasteiger partial charge is 0.352 e. The van der Waals surface area contributed by atoms with Gasteiger partial charge in [-0.25, -0.2) is 12.8 Å². The van der Waals surface area contributed by atoms with Crippen LogP contribution in [0.1, 0.15) is 26.3 Å². The lowest BCUT2D eigenvalue weighted by molar-refractivity contribution is -0.139. The topological polar surface area (TPSA) is 86.8 Å². The van der Waals surface area contributed by atoms with E-state index in [0.717, 1.165) is 22.2 Å². The number of para-hydroxylation sites is 1. The maximum absolute atomic E-state index is 14.3. The zero-order valence-electron chi connectivity index (χ0n) is 18.1. The molecule has 0 fully saturated rings. The molecule has 2 amide bonds. The molecule has 2 aromatic rings. The van der Waals surface area contributed by atoms with Gasteiger partial charge in [0.05, 0.1) is 11.9 Å². The van der Waals surface area contributed by atoms with Gasteiger partial charge in [0.2, 0.25) is 21.8 Å². The maximum Gasteiger partial charge on any atom is 0.244 e. The summed E-state index contributed by atoms with van der Waals surface area (Å²) < 4.78 is 39.7. The van der Waals surface area contributed by atoms with Gasteiger partial charge in [0.1, 0.15) is 18.4 Å². The van der Waals surface area contributed by atoms with Crippen LogP contribution in [0.15, 0.2) is 54.6 Å². The lowest BCUT2D eigenvalue weighted by Gasteiger charge is -2.32. The molecule has 0 spiro atoms. The molecule has 0 radical (unpaired) electrons. The third-order valence-corrected chi connectivity index (χ3v) is 5.72. The van der Waals surface area contributed by atoms with Crippen LogP contribution in [-0.2, 0) is 26.2 Å². The second kappa shape index (κ2) is 10.4. The average Bonchev–Trinajstić information content (AvgIpc) is 2.69. The average molecular weight is 450 g/mol. The Morgan fingerprint density at radius 3 is 2.13 bits per heavy atom. The standard InChI is InChI=1S/C22H28FN3O4S/c1-16(2)24-22(28)17(3)25(14-18-10-6-5-7-11-18)21(27)15-26(31(4,29)30)20-13-9-8-12-19(20)23/h5-13,16-17H,14-15H2,1-4H3,(H,24,28). The second-order valence-electron chi connectivity index (χ2n) is 7.57.